The van der Waals surface area contributed by atoms with Crippen molar-refractivity contribution in [1.82, 2.24) is 0 Å². The summed E-state index contributed by atoms with van der Waals surface area (Å²) in [5, 5.41) is 2.71. The predicted octanol–water partition coefficient (Wildman–Crippen LogP) is 3.26. The molecule has 4 rings (SSSR count). The maximum absolute atomic E-state index is 12.8. The minimum absolute atomic E-state index is 0.0999. The first-order valence-corrected chi connectivity index (χ1v) is 11.2. The second-order valence-electron chi connectivity index (χ2n) is 7.19. The van der Waals surface area contributed by atoms with Crippen molar-refractivity contribution in [2.75, 3.05) is 11.6 Å². The third-order valence-corrected chi connectivity index (χ3v) is 5.69. The maximum atomic E-state index is 12.8. The summed E-state index contributed by atoms with van der Waals surface area (Å²) in [6.45, 7) is 0. The van der Waals surface area contributed by atoms with E-state index in [9.17, 15) is 22.8 Å². The first-order valence-electron chi connectivity index (χ1n) is 9.13. The van der Waals surface area contributed by atoms with E-state index in [-0.39, 0.29) is 22.9 Å². The summed E-state index contributed by atoms with van der Waals surface area (Å²) in [6, 6.07) is 17.5. The minimum atomic E-state index is -3.16. The van der Waals surface area contributed by atoms with E-state index in [0.29, 0.717) is 33.5 Å². The van der Waals surface area contributed by atoms with Crippen LogP contribution < -0.4 is 5.32 Å². The van der Waals surface area contributed by atoms with Gasteiger partial charge in [-0.05, 0) is 35.9 Å². The molecule has 0 unspecified atom stereocenters. The van der Waals surface area contributed by atoms with Gasteiger partial charge in [0.05, 0.1) is 5.75 Å². The van der Waals surface area contributed by atoms with Crippen LogP contribution in [-0.2, 0) is 15.6 Å². The zero-order valence-electron chi connectivity index (χ0n) is 16.0. The summed E-state index contributed by atoms with van der Waals surface area (Å²) in [7, 11) is -3.16. The lowest BCUT2D eigenvalue weighted by molar-refractivity contribution is 0.0979. The van der Waals surface area contributed by atoms with Crippen molar-refractivity contribution in [1.29, 1.82) is 0 Å². The van der Waals surface area contributed by atoms with Crippen LogP contribution in [0.2, 0.25) is 0 Å². The number of carbonyl (C=O) groups is 3. The van der Waals surface area contributed by atoms with E-state index in [4.69, 9.17) is 0 Å². The number of hydrogen-bond donors (Lipinski definition) is 1. The molecule has 0 aliphatic heterocycles. The number of carbonyl (C=O) groups excluding carboxylic acids is 3. The van der Waals surface area contributed by atoms with Crippen LogP contribution in [-0.4, -0.2) is 32.1 Å². The van der Waals surface area contributed by atoms with Crippen molar-refractivity contribution in [3.8, 4) is 0 Å². The third kappa shape index (κ3) is 3.79. The zero-order valence-corrected chi connectivity index (χ0v) is 16.8. The Morgan fingerprint density at radius 3 is 1.97 bits per heavy atom. The van der Waals surface area contributed by atoms with Crippen LogP contribution in [0, 0.1) is 0 Å². The van der Waals surface area contributed by atoms with Crippen molar-refractivity contribution in [3.63, 3.8) is 0 Å². The number of benzene rings is 3. The van der Waals surface area contributed by atoms with Gasteiger partial charge in [0.1, 0.15) is 0 Å². The Balaban J connectivity index is 1.57. The lowest BCUT2D eigenvalue weighted by Gasteiger charge is -2.18. The molecule has 0 fully saturated rings. The van der Waals surface area contributed by atoms with E-state index in [1.807, 2.05) is 0 Å². The highest BCUT2D eigenvalue weighted by molar-refractivity contribution is 7.89. The van der Waals surface area contributed by atoms with Gasteiger partial charge in [0.15, 0.2) is 21.4 Å². The van der Waals surface area contributed by atoms with Gasteiger partial charge < -0.3 is 5.32 Å². The number of nitrogens with one attached hydrogen (secondary N) is 1. The molecule has 150 valence electrons. The Morgan fingerprint density at radius 2 is 1.37 bits per heavy atom. The molecule has 1 amide bonds. The monoisotopic (exact) mass is 419 g/mol. The van der Waals surface area contributed by atoms with Crippen LogP contribution in [0.4, 0.5) is 5.69 Å². The molecule has 3 aromatic rings. The van der Waals surface area contributed by atoms with Crippen molar-refractivity contribution in [3.05, 3.63) is 100 Å². The van der Waals surface area contributed by atoms with E-state index in [1.54, 1.807) is 54.6 Å². The van der Waals surface area contributed by atoms with Gasteiger partial charge in [0.2, 0.25) is 0 Å². The summed E-state index contributed by atoms with van der Waals surface area (Å²) in [6.07, 6.45) is 1.15. The minimum Gasteiger partial charge on any atom is -0.322 e. The molecule has 1 aliphatic carbocycles. The molecule has 1 aliphatic rings. The fraction of sp³-hybridized carbons (Fsp3) is 0.0870. The highest BCUT2D eigenvalue weighted by Crippen LogP contribution is 2.29. The van der Waals surface area contributed by atoms with Gasteiger partial charge in [-0.3, -0.25) is 14.4 Å². The Morgan fingerprint density at radius 1 is 0.800 bits per heavy atom. The molecule has 30 heavy (non-hydrogen) atoms. The SMILES string of the molecule is CS(=O)(=O)Cc1ccc(C(=O)Nc2ccc3c(c2)C(=O)c2ccccc2C3=O)cc1. The van der Waals surface area contributed by atoms with Crippen LogP contribution in [0.3, 0.4) is 0 Å². The van der Waals surface area contributed by atoms with Gasteiger partial charge in [-0.25, -0.2) is 8.42 Å². The highest BCUT2D eigenvalue weighted by Gasteiger charge is 2.29. The molecule has 0 heterocycles. The fourth-order valence-electron chi connectivity index (χ4n) is 3.44. The number of hydrogen-bond acceptors (Lipinski definition) is 5. The molecule has 0 aromatic heterocycles. The van der Waals surface area contributed by atoms with Gasteiger partial charge in [-0.2, -0.15) is 0 Å². The Kier molecular flexibility index (Phi) is 4.83. The molecule has 1 N–H and O–H groups in total. The van der Waals surface area contributed by atoms with E-state index >= 15 is 0 Å². The molecule has 0 radical (unpaired) electrons. The molecular weight excluding hydrogens is 402 g/mol. The normalized spacial score (nSPS) is 12.8. The average molecular weight is 419 g/mol. The standard InChI is InChI=1S/C23H17NO5S/c1-30(28,29)13-14-6-8-15(9-7-14)23(27)24-16-10-11-19-20(12-16)22(26)18-5-3-2-4-17(18)21(19)25/h2-12H,13H2,1H3,(H,24,27). The Hall–Kier alpha value is -3.58. The van der Waals surface area contributed by atoms with E-state index in [2.05, 4.69) is 5.32 Å². The fourth-order valence-corrected chi connectivity index (χ4v) is 4.23. The van der Waals surface area contributed by atoms with Crippen molar-refractivity contribution >= 4 is 33.0 Å². The van der Waals surface area contributed by atoms with E-state index in [1.165, 1.54) is 12.1 Å². The second kappa shape index (κ2) is 7.35. The van der Waals surface area contributed by atoms with Crippen LogP contribution in [0.1, 0.15) is 47.8 Å². The maximum Gasteiger partial charge on any atom is 0.255 e. The summed E-state index contributed by atoms with van der Waals surface area (Å²) in [5.41, 5.74) is 2.60. The summed E-state index contributed by atoms with van der Waals surface area (Å²) in [4.78, 5) is 38.0. The van der Waals surface area contributed by atoms with Crippen LogP contribution in [0.25, 0.3) is 0 Å². The predicted molar refractivity (Wildman–Crippen MR) is 113 cm³/mol. The van der Waals surface area contributed by atoms with Gasteiger partial charge in [0, 0.05) is 39.8 Å². The average Bonchev–Trinajstić information content (AvgIpc) is 2.71. The Bertz CT molecular complexity index is 1310. The zero-order chi connectivity index (χ0) is 21.5. The molecule has 7 heteroatoms. The van der Waals surface area contributed by atoms with Gasteiger partial charge in [-0.15, -0.1) is 0 Å². The quantitative estimate of drug-likeness (QED) is 0.548. The molecule has 3 aromatic carbocycles. The van der Waals surface area contributed by atoms with Crippen molar-refractivity contribution in [2.24, 2.45) is 0 Å². The van der Waals surface area contributed by atoms with Crippen molar-refractivity contribution < 1.29 is 22.8 Å². The number of ketones is 2. The van der Waals surface area contributed by atoms with Gasteiger partial charge in [-0.1, -0.05) is 36.4 Å². The lowest BCUT2D eigenvalue weighted by atomic mass is 9.84. The molecule has 6 nitrogen and oxygen atoms in total. The summed E-state index contributed by atoms with van der Waals surface area (Å²) < 4.78 is 22.7. The molecule has 0 atom stereocenters. The highest BCUT2D eigenvalue weighted by atomic mass is 32.2. The first kappa shape index (κ1) is 19.7. The molecule has 0 saturated heterocycles. The molecule has 0 bridgehead atoms. The van der Waals surface area contributed by atoms with E-state index in [0.717, 1.165) is 6.26 Å². The van der Waals surface area contributed by atoms with Crippen LogP contribution in [0.15, 0.2) is 66.7 Å². The van der Waals surface area contributed by atoms with Crippen molar-refractivity contribution in [2.45, 2.75) is 5.75 Å². The third-order valence-electron chi connectivity index (χ3n) is 4.83. The molecule has 0 saturated carbocycles. The molecular formula is C23H17NO5S. The number of sulfone groups is 1. The first-order chi connectivity index (χ1) is 14.2. The van der Waals surface area contributed by atoms with Gasteiger partial charge >= 0.3 is 0 Å². The topological polar surface area (TPSA) is 97.4 Å². The second-order valence-corrected chi connectivity index (χ2v) is 9.33. The van der Waals surface area contributed by atoms with E-state index < -0.39 is 15.7 Å². The summed E-state index contributed by atoms with van der Waals surface area (Å²) >= 11 is 0. The summed E-state index contributed by atoms with van der Waals surface area (Å²) in [5.74, 6) is -0.992. The number of rotatable bonds is 4. The van der Waals surface area contributed by atoms with Crippen LogP contribution >= 0.6 is 0 Å². The largest absolute Gasteiger partial charge is 0.322 e. The lowest BCUT2D eigenvalue weighted by Crippen LogP contribution is -2.21. The van der Waals surface area contributed by atoms with Crippen LogP contribution in [0.5, 0.6) is 0 Å². The van der Waals surface area contributed by atoms with Gasteiger partial charge in [0.25, 0.3) is 5.91 Å². The number of anilines is 1. The number of amides is 1. The smallest absolute Gasteiger partial charge is 0.255 e. The molecule has 0 spiro atoms. The Labute approximate surface area is 173 Å². The number of fused-ring (bicyclic) bond motifs is 2.